The minimum atomic E-state index is 0.430. The molecule has 0 aliphatic carbocycles. The van der Waals surface area contributed by atoms with Crippen LogP contribution in [0, 0.1) is 5.92 Å². The largest absolute Gasteiger partial charge is 0.299 e. The van der Waals surface area contributed by atoms with E-state index in [4.69, 9.17) is 0 Å². The Bertz CT molecular complexity index is 239. The van der Waals surface area contributed by atoms with E-state index < -0.39 is 0 Å². The fraction of sp³-hybridized carbons (Fsp3) is 0.933. The van der Waals surface area contributed by atoms with Crippen LogP contribution in [0.25, 0.3) is 0 Å². The molecule has 2 unspecified atom stereocenters. The maximum atomic E-state index is 12.1. The molecular weight excluding hydrogens is 228 g/mol. The van der Waals surface area contributed by atoms with Crippen molar-refractivity contribution in [2.45, 2.75) is 81.6 Å². The summed E-state index contributed by atoms with van der Waals surface area (Å²) in [5.74, 6) is 1.01. The summed E-state index contributed by atoms with van der Waals surface area (Å²) in [5.41, 5.74) is 0. The van der Waals surface area contributed by atoms with Crippen LogP contribution in [0.15, 0.2) is 0 Å². The van der Waals surface area contributed by atoms with Crippen LogP contribution in [-0.4, -0.2) is 16.3 Å². The van der Waals surface area contributed by atoms with E-state index in [1.807, 2.05) is 0 Å². The molecule has 0 aromatic carbocycles. The van der Waals surface area contributed by atoms with E-state index in [1.165, 1.54) is 51.4 Å². The van der Waals surface area contributed by atoms with Gasteiger partial charge in [-0.15, -0.1) is 0 Å². The van der Waals surface area contributed by atoms with E-state index in [0.717, 1.165) is 23.3 Å². The van der Waals surface area contributed by atoms with E-state index in [2.05, 4.69) is 18.7 Å². The Morgan fingerprint density at radius 3 is 2.35 bits per heavy atom. The highest BCUT2D eigenvalue weighted by atomic mass is 32.2. The molecule has 2 bridgehead atoms. The zero-order valence-corrected chi connectivity index (χ0v) is 11.9. The van der Waals surface area contributed by atoms with Gasteiger partial charge in [-0.3, -0.25) is 4.79 Å². The van der Waals surface area contributed by atoms with Crippen LogP contribution in [0.2, 0.25) is 0 Å². The smallest absolute Gasteiger partial charge is 0.136 e. The minimum absolute atomic E-state index is 0.430. The second kappa shape index (κ2) is 6.82. The van der Waals surface area contributed by atoms with Crippen LogP contribution >= 0.6 is 11.8 Å². The monoisotopic (exact) mass is 254 g/mol. The fourth-order valence-corrected chi connectivity index (χ4v) is 5.00. The van der Waals surface area contributed by atoms with Gasteiger partial charge in [-0.25, -0.2) is 0 Å². The van der Waals surface area contributed by atoms with Crippen molar-refractivity contribution in [2.24, 2.45) is 5.92 Å². The Morgan fingerprint density at radius 2 is 1.71 bits per heavy atom. The van der Waals surface area contributed by atoms with Crippen LogP contribution in [0.3, 0.4) is 0 Å². The molecule has 2 aliphatic rings. The number of carbonyl (C=O) groups is 1. The molecule has 0 aromatic heterocycles. The molecular formula is C15H26OS. The van der Waals surface area contributed by atoms with Crippen molar-refractivity contribution in [3.8, 4) is 0 Å². The van der Waals surface area contributed by atoms with Crippen LogP contribution < -0.4 is 0 Å². The van der Waals surface area contributed by atoms with Crippen LogP contribution in [0.5, 0.6) is 0 Å². The third kappa shape index (κ3) is 4.01. The number of fused-ring (bicyclic) bond motifs is 2. The second-order valence-electron chi connectivity index (χ2n) is 5.76. The number of rotatable bonds is 7. The van der Waals surface area contributed by atoms with Crippen molar-refractivity contribution in [3.63, 3.8) is 0 Å². The molecule has 2 fully saturated rings. The molecule has 1 nitrogen and oxygen atoms in total. The summed E-state index contributed by atoms with van der Waals surface area (Å²) < 4.78 is 0. The SMILES string of the molecule is CCCCCCCC(=O)C1CC2CCC(C1)S2. The molecule has 2 heteroatoms. The number of hydrogen-bond acceptors (Lipinski definition) is 2. The Hall–Kier alpha value is 0.0200. The Balaban J connectivity index is 1.63. The first-order valence-corrected chi connectivity index (χ1v) is 8.42. The Morgan fingerprint density at radius 1 is 1.06 bits per heavy atom. The second-order valence-corrected chi connectivity index (χ2v) is 7.36. The third-order valence-corrected chi connectivity index (χ3v) is 5.90. The number of ketones is 1. The maximum Gasteiger partial charge on any atom is 0.136 e. The van der Waals surface area contributed by atoms with Crippen molar-refractivity contribution in [3.05, 3.63) is 0 Å². The number of thioether (sulfide) groups is 1. The molecule has 0 amide bonds. The molecule has 2 aliphatic heterocycles. The normalized spacial score (nSPS) is 31.7. The van der Waals surface area contributed by atoms with Gasteiger partial charge in [0.25, 0.3) is 0 Å². The topological polar surface area (TPSA) is 17.1 Å². The van der Waals surface area contributed by atoms with Crippen molar-refractivity contribution in [1.82, 2.24) is 0 Å². The highest BCUT2D eigenvalue weighted by Gasteiger charge is 2.37. The van der Waals surface area contributed by atoms with Gasteiger partial charge in [0.1, 0.15) is 5.78 Å². The lowest BCUT2D eigenvalue weighted by Crippen LogP contribution is -2.24. The first-order chi connectivity index (χ1) is 8.29. The summed E-state index contributed by atoms with van der Waals surface area (Å²) in [7, 11) is 0. The number of hydrogen-bond donors (Lipinski definition) is 0. The van der Waals surface area contributed by atoms with Gasteiger partial charge in [-0.2, -0.15) is 11.8 Å². The zero-order valence-electron chi connectivity index (χ0n) is 11.1. The molecule has 2 atom stereocenters. The van der Waals surface area contributed by atoms with Gasteiger partial charge in [-0.05, 0) is 32.1 Å². The molecule has 0 aromatic rings. The standard InChI is InChI=1S/C15H26OS/c1-2-3-4-5-6-7-15(16)12-10-13-8-9-14(11-12)17-13/h12-14H,2-11H2,1H3. The van der Waals surface area contributed by atoms with Gasteiger partial charge >= 0.3 is 0 Å². The first-order valence-electron chi connectivity index (χ1n) is 7.47. The van der Waals surface area contributed by atoms with Gasteiger partial charge in [0.2, 0.25) is 0 Å². The van der Waals surface area contributed by atoms with Crippen molar-refractivity contribution in [2.75, 3.05) is 0 Å². The number of unbranched alkanes of at least 4 members (excludes halogenated alkanes) is 4. The maximum absolute atomic E-state index is 12.1. The van der Waals surface area contributed by atoms with E-state index in [0.29, 0.717) is 11.7 Å². The zero-order chi connectivity index (χ0) is 12.1. The van der Waals surface area contributed by atoms with E-state index in [1.54, 1.807) is 0 Å². The fourth-order valence-electron chi connectivity index (χ4n) is 3.23. The van der Waals surface area contributed by atoms with Crippen LogP contribution in [-0.2, 0) is 4.79 Å². The average molecular weight is 254 g/mol. The quantitative estimate of drug-likeness (QED) is 0.618. The summed E-state index contributed by atoms with van der Waals surface area (Å²) in [5, 5.41) is 1.64. The molecule has 2 saturated heterocycles. The summed E-state index contributed by atoms with van der Waals surface area (Å²) >= 11 is 2.16. The van der Waals surface area contributed by atoms with Gasteiger partial charge in [-0.1, -0.05) is 32.6 Å². The molecule has 2 rings (SSSR count). The summed E-state index contributed by atoms with van der Waals surface area (Å²) in [6, 6.07) is 0. The van der Waals surface area contributed by atoms with Crippen LogP contribution in [0.4, 0.5) is 0 Å². The minimum Gasteiger partial charge on any atom is -0.299 e. The summed E-state index contributed by atoms with van der Waals surface area (Å²) in [4.78, 5) is 12.1. The highest BCUT2D eigenvalue weighted by Crippen LogP contribution is 2.46. The van der Waals surface area contributed by atoms with Gasteiger partial charge in [0, 0.05) is 22.8 Å². The summed E-state index contributed by atoms with van der Waals surface area (Å²) in [6.45, 7) is 2.24. The lowest BCUT2D eigenvalue weighted by molar-refractivity contribution is -0.123. The number of carbonyl (C=O) groups excluding carboxylic acids is 1. The van der Waals surface area contributed by atoms with Crippen molar-refractivity contribution in [1.29, 1.82) is 0 Å². The third-order valence-electron chi connectivity index (χ3n) is 4.27. The molecule has 0 N–H and O–H groups in total. The lowest BCUT2D eigenvalue weighted by atomic mass is 9.91. The molecule has 0 saturated carbocycles. The molecule has 17 heavy (non-hydrogen) atoms. The van der Waals surface area contributed by atoms with Gasteiger partial charge in [0.15, 0.2) is 0 Å². The lowest BCUT2D eigenvalue weighted by Gasteiger charge is -2.26. The highest BCUT2D eigenvalue weighted by molar-refractivity contribution is 8.00. The van der Waals surface area contributed by atoms with Gasteiger partial charge < -0.3 is 0 Å². The molecule has 0 spiro atoms. The summed E-state index contributed by atoms with van der Waals surface area (Å²) in [6.07, 6.45) is 12.3. The average Bonchev–Trinajstić information content (AvgIpc) is 2.67. The first kappa shape index (κ1) is 13.5. The van der Waals surface area contributed by atoms with E-state index in [9.17, 15) is 4.79 Å². The van der Waals surface area contributed by atoms with E-state index >= 15 is 0 Å². The van der Waals surface area contributed by atoms with Crippen molar-refractivity contribution < 1.29 is 4.79 Å². The van der Waals surface area contributed by atoms with Crippen molar-refractivity contribution >= 4 is 17.5 Å². The Labute approximate surface area is 110 Å². The van der Waals surface area contributed by atoms with Gasteiger partial charge in [0.05, 0.1) is 0 Å². The molecule has 0 radical (unpaired) electrons. The molecule has 98 valence electrons. The van der Waals surface area contributed by atoms with E-state index in [-0.39, 0.29) is 0 Å². The Kier molecular flexibility index (Phi) is 5.40. The molecule has 2 heterocycles. The predicted molar refractivity (Wildman–Crippen MR) is 75.5 cm³/mol. The number of Topliss-reactive ketones (excluding diaryl/α,β-unsaturated/α-hetero) is 1. The van der Waals surface area contributed by atoms with Crippen LogP contribution in [0.1, 0.15) is 71.1 Å². The predicted octanol–water partition coefficient (Wildman–Crippen LogP) is 4.59.